The molecule has 0 amide bonds. The summed E-state index contributed by atoms with van der Waals surface area (Å²) in [4.78, 5) is 15.1. The van der Waals surface area contributed by atoms with Crippen molar-refractivity contribution in [3.8, 4) is 39.6 Å². The van der Waals surface area contributed by atoms with Gasteiger partial charge in [-0.25, -0.2) is 19.5 Å². The Balaban J connectivity index is 1.22. The van der Waals surface area contributed by atoms with Crippen LogP contribution in [0.15, 0.2) is 120 Å². The van der Waals surface area contributed by atoms with E-state index in [2.05, 4.69) is 198 Å². The summed E-state index contributed by atoms with van der Waals surface area (Å²) in [6.07, 6.45) is 0. The first-order valence-electron chi connectivity index (χ1n) is 20.4. The van der Waals surface area contributed by atoms with E-state index in [0.29, 0.717) is 0 Å². The minimum atomic E-state index is -1.75. The highest BCUT2D eigenvalue weighted by molar-refractivity contribution is 6.89. The van der Waals surface area contributed by atoms with Gasteiger partial charge in [0.05, 0.1) is 7.05 Å². The second kappa shape index (κ2) is 13.4. The van der Waals surface area contributed by atoms with Gasteiger partial charge in [0.2, 0.25) is 0 Å². The van der Waals surface area contributed by atoms with Crippen LogP contribution in [-0.4, -0.2) is 35.7 Å². The number of imidazole rings is 1. The van der Waals surface area contributed by atoms with Crippen LogP contribution in [0.4, 0.5) is 0 Å². The van der Waals surface area contributed by atoms with Crippen LogP contribution < -0.4 is 15.5 Å². The van der Waals surface area contributed by atoms with E-state index < -0.39 is 16.1 Å². The van der Waals surface area contributed by atoms with Gasteiger partial charge >= 0.3 is 0 Å². The van der Waals surface area contributed by atoms with Crippen molar-refractivity contribution in [3.63, 3.8) is 0 Å². The molecule has 3 heterocycles. The molecule has 0 unspecified atom stereocenters. The number of furan rings is 1. The molecule has 8 heteroatoms. The summed E-state index contributed by atoms with van der Waals surface area (Å²) in [5.41, 5.74) is 14.0. The van der Waals surface area contributed by atoms with E-state index in [-0.39, 0.29) is 5.41 Å². The quantitative estimate of drug-likeness (QED) is 0.124. The normalized spacial score (nSPS) is 12.7. The number of hydrogen-bond donors (Lipinski definition) is 0. The van der Waals surface area contributed by atoms with Crippen LogP contribution in [-0.2, 0) is 12.5 Å². The summed E-state index contributed by atoms with van der Waals surface area (Å²) in [5, 5.41) is 4.56. The minimum Gasteiger partial charge on any atom is -0.454 e. The fraction of sp³-hybridized carbons (Fsp3) is 0.240. The van der Waals surface area contributed by atoms with Crippen LogP contribution in [0.3, 0.4) is 0 Å². The Hall–Kier alpha value is -5.71. The van der Waals surface area contributed by atoms with Crippen LogP contribution in [0.5, 0.6) is 0 Å². The monoisotopic (exact) mass is 794 g/mol. The van der Waals surface area contributed by atoms with E-state index in [1.54, 1.807) is 0 Å². The number of aromatic nitrogens is 5. The lowest BCUT2D eigenvalue weighted by atomic mass is 9.83. The number of fused-ring (bicyclic) bond motifs is 6. The third-order valence-electron chi connectivity index (χ3n) is 11.5. The summed E-state index contributed by atoms with van der Waals surface area (Å²) in [5.74, 6) is 1.87. The van der Waals surface area contributed by atoms with Crippen LogP contribution in [0.2, 0.25) is 39.3 Å². The van der Waals surface area contributed by atoms with E-state index in [9.17, 15) is 0 Å². The van der Waals surface area contributed by atoms with Gasteiger partial charge in [0.1, 0.15) is 43.9 Å². The van der Waals surface area contributed by atoms with Crippen molar-refractivity contribution in [1.29, 1.82) is 0 Å². The molecule has 0 saturated carbocycles. The number of hydrogen-bond acceptors (Lipinski definition) is 4. The van der Waals surface area contributed by atoms with Gasteiger partial charge in [0.15, 0.2) is 22.4 Å². The third-order valence-corrected chi connectivity index (χ3v) is 14.6. The van der Waals surface area contributed by atoms with Gasteiger partial charge in [0, 0.05) is 27.3 Å². The maximum atomic E-state index is 7.00. The second-order valence-corrected chi connectivity index (χ2v) is 28.9. The number of benzene rings is 6. The Morgan fingerprint density at radius 3 is 1.90 bits per heavy atom. The lowest BCUT2D eigenvalue weighted by molar-refractivity contribution is -0.633. The molecule has 3 aromatic heterocycles. The number of rotatable bonds is 6. The molecule has 0 radical (unpaired) electrons. The number of nitrogens with zero attached hydrogens (tertiary/aromatic N) is 5. The van der Waals surface area contributed by atoms with Gasteiger partial charge in [-0.05, 0) is 64.7 Å². The number of para-hydroxylation sites is 2. The molecule has 0 bridgehead atoms. The molecule has 0 aliphatic heterocycles. The lowest BCUT2D eigenvalue weighted by Crippen LogP contribution is -2.52. The lowest BCUT2D eigenvalue weighted by Gasteiger charge is -2.23. The number of aryl methyl sites for hydroxylation is 2. The van der Waals surface area contributed by atoms with E-state index in [4.69, 9.17) is 19.4 Å². The van der Waals surface area contributed by atoms with Crippen molar-refractivity contribution >= 4 is 70.8 Å². The largest absolute Gasteiger partial charge is 0.454 e. The molecule has 6 aromatic carbocycles. The topological polar surface area (TPSA) is 60.6 Å². The van der Waals surface area contributed by atoms with Crippen molar-refractivity contribution in [2.45, 2.75) is 72.4 Å². The first kappa shape index (κ1) is 37.8. The SMILES string of the molecule is Cc1ccc2c(oc3c4ccccc4ccc23)c1-c1n(-c2ccc(-c3ccc(-c4nc([Si](C)(C)C)nc([Si](C)(C)C)n4)cc3)cc2C(C)(C)C)c2ccccc2[n+]1C. The molecule has 0 fully saturated rings. The van der Waals surface area contributed by atoms with Crippen molar-refractivity contribution in [2.24, 2.45) is 7.05 Å². The van der Waals surface area contributed by atoms with Crippen LogP contribution in [0.1, 0.15) is 31.9 Å². The molecular weight excluding hydrogens is 743 g/mol. The minimum absolute atomic E-state index is 0.169. The molecule has 0 spiro atoms. The van der Waals surface area contributed by atoms with Gasteiger partial charge in [-0.15, -0.1) is 0 Å². The summed E-state index contributed by atoms with van der Waals surface area (Å²) in [6, 6.07) is 41.9. The summed E-state index contributed by atoms with van der Waals surface area (Å²) in [7, 11) is -1.33. The first-order valence-corrected chi connectivity index (χ1v) is 27.4. The fourth-order valence-corrected chi connectivity index (χ4v) is 10.2. The molecule has 0 N–H and O–H groups in total. The Morgan fingerprint density at radius 1 is 0.603 bits per heavy atom. The Kier molecular flexibility index (Phi) is 8.76. The summed E-state index contributed by atoms with van der Waals surface area (Å²) < 4.78 is 11.8. The molecule has 0 aliphatic carbocycles. The second-order valence-electron chi connectivity index (χ2n) is 19.0. The predicted octanol–water partition coefficient (Wildman–Crippen LogP) is 11.4. The van der Waals surface area contributed by atoms with Crippen LogP contribution in [0, 0.1) is 6.92 Å². The molecule has 6 nitrogen and oxygen atoms in total. The van der Waals surface area contributed by atoms with Crippen LogP contribution >= 0.6 is 0 Å². The Morgan fingerprint density at radius 2 is 1.21 bits per heavy atom. The molecule has 9 aromatic rings. The maximum Gasteiger partial charge on any atom is 0.298 e. The van der Waals surface area contributed by atoms with Gasteiger partial charge in [-0.3, -0.25) is 0 Å². The summed E-state index contributed by atoms with van der Waals surface area (Å²) in [6.45, 7) is 23.0. The summed E-state index contributed by atoms with van der Waals surface area (Å²) >= 11 is 0. The molecule has 0 atom stereocenters. The molecule has 0 saturated heterocycles. The average Bonchev–Trinajstić information content (AvgIpc) is 3.71. The third kappa shape index (κ3) is 6.30. The van der Waals surface area contributed by atoms with E-state index in [1.165, 1.54) is 16.5 Å². The zero-order valence-electron chi connectivity index (χ0n) is 35.6. The average molecular weight is 795 g/mol. The maximum absolute atomic E-state index is 7.00. The van der Waals surface area contributed by atoms with Gasteiger partial charge in [0.25, 0.3) is 5.82 Å². The fourth-order valence-electron chi connectivity index (χ4n) is 8.28. The van der Waals surface area contributed by atoms with E-state index in [0.717, 1.165) is 88.8 Å². The smallest absolute Gasteiger partial charge is 0.298 e. The van der Waals surface area contributed by atoms with Gasteiger partial charge < -0.3 is 4.42 Å². The standard InChI is InChI=1S/C50H52N5OSi2/c1-31-20-27-38-37-28-25-33-16-12-13-17-36(33)44(37)56-45(38)43(31)47-54(5)41-18-14-15-19-42(41)55(47)40-29-26-35(30-39(40)50(2,3)4)32-21-23-34(24-22-32)46-51-48(57(6,7)8)53-49(52-46)58(9,10)11/h12-30H,1-11H3/q+1. The van der Waals surface area contributed by atoms with Crippen molar-refractivity contribution in [2.75, 3.05) is 0 Å². The zero-order valence-corrected chi connectivity index (χ0v) is 37.6. The van der Waals surface area contributed by atoms with E-state index in [1.807, 2.05) is 0 Å². The van der Waals surface area contributed by atoms with Crippen molar-refractivity contribution in [1.82, 2.24) is 19.5 Å². The van der Waals surface area contributed by atoms with Gasteiger partial charge in [-0.1, -0.05) is 145 Å². The highest BCUT2D eigenvalue weighted by Crippen LogP contribution is 2.43. The molecule has 0 aliphatic rings. The van der Waals surface area contributed by atoms with Crippen molar-refractivity contribution in [3.05, 3.63) is 126 Å². The van der Waals surface area contributed by atoms with E-state index >= 15 is 0 Å². The highest BCUT2D eigenvalue weighted by Gasteiger charge is 2.34. The van der Waals surface area contributed by atoms with Crippen LogP contribution in [0.25, 0.3) is 83.3 Å². The van der Waals surface area contributed by atoms with Gasteiger partial charge in [-0.2, -0.15) is 4.57 Å². The molecular formula is C50H52N5OSi2+. The first-order chi connectivity index (χ1) is 27.5. The molecule has 58 heavy (non-hydrogen) atoms. The zero-order chi connectivity index (χ0) is 40.9. The molecule has 290 valence electrons. The highest BCUT2D eigenvalue weighted by atomic mass is 28.3. The Labute approximate surface area is 343 Å². The predicted molar refractivity (Wildman–Crippen MR) is 248 cm³/mol. The van der Waals surface area contributed by atoms with Crippen molar-refractivity contribution < 1.29 is 8.98 Å². The Bertz CT molecular complexity index is 3050. The molecule has 9 rings (SSSR count).